The first-order chi connectivity index (χ1) is 9.45. The Kier molecular flexibility index (Phi) is 4.00. The first-order valence-corrected chi connectivity index (χ1v) is 6.12. The zero-order valence-electron chi connectivity index (χ0n) is 10.6. The van der Waals surface area contributed by atoms with Crippen LogP contribution in [0.3, 0.4) is 0 Å². The molecule has 20 heavy (non-hydrogen) atoms. The van der Waals surface area contributed by atoms with Gasteiger partial charge in [0, 0.05) is 16.9 Å². The van der Waals surface area contributed by atoms with Gasteiger partial charge in [0.05, 0.1) is 5.56 Å². The zero-order valence-corrected chi connectivity index (χ0v) is 11.3. The van der Waals surface area contributed by atoms with Gasteiger partial charge >= 0.3 is 5.97 Å². The molecule has 0 radical (unpaired) electrons. The van der Waals surface area contributed by atoms with Crippen molar-refractivity contribution in [3.8, 4) is 0 Å². The van der Waals surface area contributed by atoms with Crippen molar-refractivity contribution < 1.29 is 14.7 Å². The summed E-state index contributed by atoms with van der Waals surface area (Å²) < 4.78 is 0. The Morgan fingerprint density at radius 2 is 1.95 bits per heavy atom. The summed E-state index contributed by atoms with van der Waals surface area (Å²) in [6, 6.07) is 9.05. The zero-order chi connectivity index (χ0) is 14.7. The molecule has 2 aromatic rings. The molecule has 0 aliphatic heterocycles. The van der Waals surface area contributed by atoms with Gasteiger partial charge in [0.2, 0.25) is 0 Å². The van der Waals surface area contributed by atoms with Crippen LogP contribution in [-0.4, -0.2) is 22.0 Å². The monoisotopic (exact) mass is 290 g/mol. The Balaban J connectivity index is 2.23. The Hall–Kier alpha value is -2.40. The summed E-state index contributed by atoms with van der Waals surface area (Å²) in [4.78, 5) is 26.9. The highest BCUT2D eigenvalue weighted by molar-refractivity contribution is 6.29. The van der Waals surface area contributed by atoms with E-state index in [1.165, 1.54) is 18.2 Å². The average molecular weight is 291 g/mol. The van der Waals surface area contributed by atoms with E-state index >= 15 is 0 Å². The second-order valence-corrected chi connectivity index (χ2v) is 4.55. The molecule has 5 nitrogen and oxygen atoms in total. The van der Waals surface area contributed by atoms with E-state index in [4.69, 9.17) is 16.7 Å². The van der Waals surface area contributed by atoms with Crippen molar-refractivity contribution in [3.63, 3.8) is 0 Å². The molecule has 2 N–H and O–H groups in total. The molecule has 6 heteroatoms. The SMILES string of the molecule is Cc1cc(C(=O)Nc2cccc(C(=O)O)c2)cc(Cl)n1. The lowest BCUT2D eigenvalue weighted by Crippen LogP contribution is -2.13. The largest absolute Gasteiger partial charge is 0.478 e. The number of amides is 1. The third kappa shape index (κ3) is 3.33. The lowest BCUT2D eigenvalue weighted by Gasteiger charge is -2.07. The van der Waals surface area contributed by atoms with Crippen molar-refractivity contribution in [2.75, 3.05) is 5.32 Å². The lowest BCUT2D eigenvalue weighted by atomic mass is 10.2. The summed E-state index contributed by atoms with van der Waals surface area (Å²) >= 11 is 5.80. The fourth-order valence-electron chi connectivity index (χ4n) is 1.69. The van der Waals surface area contributed by atoms with E-state index < -0.39 is 5.97 Å². The van der Waals surface area contributed by atoms with Gasteiger partial charge in [-0.15, -0.1) is 0 Å². The molecule has 1 aromatic heterocycles. The molecule has 0 spiro atoms. The Morgan fingerprint density at radius 3 is 2.60 bits per heavy atom. The van der Waals surface area contributed by atoms with E-state index in [-0.39, 0.29) is 16.6 Å². The second kappa shape index (κ2) is 5.71. The standard InChI is InChI=1S/C14H11ClN2O3/c1-8-5-10(7-12(15)16-8)13(18)17-11-4-2-3-9(6-11)14(19)20/h2-7H,1H3,(H,17,18)(H,19,20). The van der Waals surface area contributed by atoms with Crippen LogP contribution in [0.2, 0.25) is 5.15 Å². The molecule has 0 saturated heterocycles. The number of carbonyl (C=O) groups is 2. The maximum Gasteiger partial charge on any atom is 0.335 e. The molecule has 1 aromatic carbocycles. The molecular weight excluding hydrogens is 280 g/mol. The summed E-state index contributed by atoms with van der Waals surface area (Å²) in [7, 11) is 0. The van der Waals surface area contributed by atoms with Crippen LogP contribution in [0.1, 0.15) is 26.4 Å². The van der Waals surface area contributed by atoms with Gasteiger partial charge in [0.15, 0.2) is 0 Å². The number of aryl methyl sites for hydroxylation is 1. The Morgan fingerprint density at radius 1 is 1.20 bits per heavy atom. The van der Waals surface area contributed by atoms with Crippen molar-refractivity contribution in [1.29, 1.82) is 0 Å². The first-order valence-electron chi connectivity index (χ1n) is 5.74. The Labute approximate surface area is 120 Å². The van der Waals surface area contributed by atoms with Gasteiger partial charge < -0.3 is 10.4 Å². The van der Waals surface area contributed by atoms with E-state index in [1.54, 1.807) is 25.1 Å². The fraction of sp³-hybridized carbons (Fsp3) is 0.0714. The number of aromatic carboxylic acids is 1. The van der Waals surface area contributed by atoms with E-state index in [9.17, 15) is 9.59 Å². The van der Waals surface area contributed by atoms with Gasteiger partial charge in [-0.2, -0.15) is 0 Å². The van der Waals surface area contributed by atoms with Crippen LogP contribution in [0.5, 0.6) is 0 Å². The van der Waals surface area contributed by atoms with Gasteiger partial charge in [-0.05, 0) is 37.3 Å². The van der Waals surface area contributed by atoms with Crippen molar-refractivity contribution in [1.82, 2.24) is 4.98 Å². The van der Waals surface area contributed by atoms with Crippen LogP contribution >= 0.6 is 11.6 Å². The number of rotatable bonds is 3. The molecular formula is C14H11ClN2O3. The smallest absolute Gasteiger partial charge is 0.335 e. The van der Waals surface area contributed by atoms with Gasteiger partial charge in [0.1, 0.15) is 5.15 Å². The molecule has 1 heterocycles. The van der Waals surface area contributed by atoms with E-state index in [0.717, 1.165) is 0 Å². The number of hydrogen-bond donors (Lipinski definition) is 2. The number of carbonyl (C=O) groups excluding carboxylic acids is 1. The fourth-order valence-corrected chi connectivity index (χ4v) is 1.94. The van der Waals surface area contributed by atoms with Crippen LogP contribution < -0.4 is 5.32 Å². The summed E-state index contributed by atoms with van der Waals surface area (Å²) in [6.07, 6.45) is 0. The van der Waals surface area contributed by atoms with E-state index in [2.05, 4.69) is 10.3 Å². The van der Waals surface area contributed by atoms with Crippen molar-refractivity contribution >= 4 is 29.2 Å². The number of hydrogen-bond acceptors (Lipinski definition) is 3. The van der Waals surface area contributed by atoms with Gasteiger partial charge in [-0.25, -0.2) is 9.78 Å². The minimum atomic E-state index is -1.05. The van der Waals surface area contributed by atoms with Gasteiger partial charge in [0.25, 0.3) is 5.91 Å². The number of pyridine rings is 1. The minimum Gasteiger partial charge on any atom is -0.478 e. The van der Waals surface area contributed by atoms with Crippen LogP contribution in [0, 0.1) is 6.92 Å². The lowest BCUT2D eigenvalue weighted by molar-refractivity contribution is 0.0696. The molecule has 102 valence electrons. The number of carboxylic acid groups (broad SMARTS) is 1. The molecule has 1 amide bonds. The van der Waals surface area contributed by atoms with E-state index in [0.29, 0.717) is 16.9 Å². The normalized spacial score (nSPS) is 10.1. The van der Waals surface area contributed by atoms with Crippen molar-refractivity contribution in [2.24, 2.45) is 0 Å². The molecule has 0 atom stereocenters. The maximum atomic E-state index is 12.1. The second-order valence-electron chi connectivity index (χ2n) is 4.16. The predicted molar refractivity (Wildman–Crippen MR) is 75.3 cm³/mol. The van der Waals surface area contributed by atoms with Crippen LogP contribution in [-0.2, 0) is 0 Å². The topological polar surface area (TPSA) is 79.3 Å². The van der Waals surface area contributed by atoms with E-state index in [1.807, 2.05) is 0 Å². The summed E-state index contributed by atoms with van der Waals surface area (Å²) in [5.74, 6) is -1.43. The summed E-state index contributed by atoms with van der Waals surface area (Å²) in [5.41, 5.74) is 1.50. The number of carboxylic acids is 1. The third-order valence-electron chi connectivity index (χ3n) is 2.55. The number of benzene rings is 1. The highest BCUT2D eigenvalue weighted by Gasteiger charge is 2.10. The van der Waals surface area contributed by atoms with Gasteiger partial charge in [-0.1, -0.05) is 17.7 Å². The molecule has 0 aliphatic carbocycles. The van der Waals surface area contributed by atoms with Crippen molar-refractivity contribution in [2.45, 2.75) is 6.92 Å². The third-order valence-corrected chi connectivity index (χ3v) is 2.75. The predicted octanol–water partition coefficient (Wildman–Crippen LogP) is 2.99. The van der Waals surface area contributed by atoms with Crippen LogP contribution in [0.25, 0.3) is 0 Å². The van der Waals surface area contributed by atoms with Gasteiger partial charge in [-0.3, -0.25) is 4.79 Å². The van der Waals surface area contributed by atoms with Crippen LogP contribution in [0.4, 0.5) is 5.69 Å². The molecule has 0 bridgehead atoms. The quantitative estimate of drug-likeness (QED) is 0.852. The molecule has 0 unspecified atom stereocenters. The number of halogens is 1. The molecule has 0 fully saturated rings. The highest BCUT2D eigenvalue weighted by atomic mass is 35.5. The van der Waals surface area contributed by atoms with Crippen molar-refractivity contribution in [3.05, 3.63) is 58.4 Å². The number of anilines is 1. The Bertz CT molecular complexity index is 666. The molecule has 0 saturated carbocycles. The number of nitrogens with one attached hydrogen (secondary N) is 1. The molecule has 2 rings (SSSR count). The maximum absolute atomic E-state index is 12.1. The number of aromatic nitrogens is 1. The summed E-state index contributed by atoms with van der Waals surface area (Å²) in [6.45, 7) is 1.73. The molecule has 0 aliphatic rings. The summed E-state index contributed by atoms with van der Waals surface area (Å²) in [5, 5.41) is 11.7. The average Bonchev–Trinajstić information content (AvgIpc) is 2.37. The van der Waals surface area contributed by atoms with Crippen LogP contribution in [0.15, 0.2) is 36.4 Å². The minimum absolute atomic E-state index is 0.103. The first kappa shape index (κ1) is 14.0. The number of nitrogens with zero attached hydrogens (tertiary/aromatic N) is 1. The highest BCUT2D eigenvalue weighted by Crippen LogP contribution is 2.15.